The standard InChI is InChI=1S/C23H31N5O/c29-22(28-16-14-27(15-17-28)18-19-8-4-3-5-9-19)21-12-13-24-23(26-21)25-20-10-6-1-2-7-11-20/h3-5,8-9,12-13,20H,1-2,6-7,10-11,14-18H2,(H,24,25,26). The number of carbonyl (C=O) groups is 1. The molecule has 1 aliphatic carbocycles. The third kappa shape index (κ3) is 5.54. The Morgan fingerprint density at radius 3 is 2.41 bits per heavy atom. The minimum absolute atomic E-state index is 0.00989. The minimum atomic E-state index is 0.00989. The molecule has 1 saturated carbocycles. The summed E-state index contributed by atoms with van der Waals surface area (Å²) >= 11 is 0. The number of anilines is 1. The molecule has 2 heterocycles. The lowest BCUT2D eigenvalue weighted by atomic mass is 10.1. The summed E-state index contributed by atoms with van der Waals surface area (Å²) in [6.45, 7) is 4.19. The van der Waals surface area contributed by atoms with Crippen LogP contribution in [-0.2, 0) is 6.54 Å². The van der Waals surface area contributed by atoms with E-state index >= 15 is 0 Å². The smallest absolute Gasteiger partial charge is 0.272 e. The first-order valence-corrected chi connectivity index (χ1v) is 10.9. The van der Waals surface area contributed by atoms with Crippen molar-refractivity contribution in [3.8, 4) is 0 Å². The van der Waals surface area contributed by atoms with Crippen LogP contribution < -0.4 is 5.32 Å². The molecule has 0 bridgehead atoms. The predicted molar refractivity (Wildman–Crippen MR) is 115 cm³/mol. The number of nitrogens with zero attached hydrogens (tertiary/aromatic N) is 4. The molecule has 1 N–H and O–H groups in total. The highest BCUT2D eigenvalue weighted by molar-refractivity contribution is 5.92. The molecule has 6 nitrogen and oxygen atoms in total. The Labute approximate surface area is 173 Å². The van der Waals surface area contributed by atoms with Crippen molar-refractivity contribution in [2.75, 3.05) is 31.5 Å². The van der Waals surface area contributed by atoms with E-state index in [0.717, 1.165) is 45.6 Å². The first-order valence-electron chi connectivity index (χ1n) is 10.9. The monoisotopic (exact) mass is 393 g/mol. The van der Waals surface area contributed by atoms with Crippen LogP contribution in [0.3, 0.4) is 0 Å². The van der Waals surface area contributed by atoms with Gasteiger partial charge in [0, 0.05) is 45.0 Å². The van der Waals surface area contributed by atoms with E-state index in [-0.39, 0.29) is 5.91 Å². The van der Waals surface area contributed by atoms with E-state index in [2.05, 4.69) is 44.5 Å². The summed E-state index contributed by atoms with van der Waals surface area (Å²) in [5, 5.41) is 3.45. The number of piperazine rings is 1. The number of carbonyl (C=O) groups excluding carboxylic acids is 1. The molecule has 2 fully saturated rings. The second-order valence-electron chi connectivity index (χ2n) is 8.15. The van der Waals surface area contributed by atoms with Crippen molar-refractivity contribution in [3.63, 3.8) is 0 Å². The third-order valence-corrected chi connectivity index (χ3v) is 5.97. The lowest BCUT2D eigenvalue weighted by Crippen LogP contribution is -2.48. The zero-order chi connectivity index (χ0) is 19.9. The van der Waals surface area contributed by atoms with Crippen LogP contribution in [0.4, 0.5) is 5.95 Å². The van der Waals surface area contributed by atoms with Gasteiger partial charge in [0.25, 0.3) is 5.91 Å². The highest BCUT2D eigenvalue weighted by Crippen LogP contribution is 2.20. The molecule has 154 valence electrons. The molecule has 0 unspecified atom stereocenters. The summed E-state index contributed by atoms with van der Waals surface area (Å²) in [5.41, 5.74) is 1.81. The van der Waals surface area contributed by atoms with Gasteiger partial charge in [0.05, 0.1) is 0 Å². The first kappa shape index (κ1) is 19.8. The fourth-order valence-electron chi connectivity index (χ4n) is 4.27. The summed E-state index contributed by atoms with van der Waals surface area (Å²) in [6, 6.07) is 12.7. The van der Waals surface area contributed by atoms with E-state index in [1.165, 1.54) is 31.2 Å². The molecule has 6 heteroatoms. The van der Waals surface area contributed by atoms with Crippen molar-refractivity contribution in [3.05, 3.63) is 53.9 Å². The van der Waals surface area contributed by atoms with E-state index in [0.29, 0.717) is 17.7 Å². The normalized spacial score (nSPS) is 19.0. The average Bonchev–Trinajstić information content (AvgIpc) is 3.03. The van der Waals surface area contributed by atoms with Gasteiger partial charge in [0.2, 0.25) is 5.95 Å². The molecule has 4 rings (SSSR count). The average molecular weight is 394 g/mol. The molecular weight excluding hydrogens is 362 g/mol. The fraction of sp³-hybridized carbons (Fsp3) is 0.522. The molecule has 0 spiro atoms. The van der Waals surface area contributed by atoms with Gasteiger partial charge in [-0.1, -0.05) is 56.0 Å². The number of rotatable bonds is 5. The van der Waals surface area contributed by atoms with Gasteiger partial charge in [-0.05, 0) is 24.5 Å². The van der Waals surface area contributed by atoms with Gasteiger partial charge in [-0.3, -0.25) is 9.69 Å². The van der Waals surface area contributed by atoms with Crippen LogP contribution in [0.1, 0.15) is 54.6 Å². The molecule has 0 radical (unpaired) electrons. The van der Waals surface area contributed by atoms with Crippen LogP contribution in [0.15, 0.2) is 42.6 Å². The van der Waals surface area contributed by atoms with Crippen LogP contribution in [0.5, 0.6) is 0 Å². The molecule has 0 atom stereocenters. The highest BCUT2D eigenvalue weighted by Gasteiger charge is 2.23. The molecule has 29 heavy (non-hydrogen) atoms. The fourth-order valence-corrected chi connectivity index (χ4v) is 4.27. The lowest BCUT2D eigenvalue weighted by molar-refractivity contribution is 0.0622. The Balaban J connectivity index is 1.31. The largest absolute Gasteiger partial charge is 0.351 e. The van der Waals surface area contributed by atoms with Gasteiger partial charge < -0.3 is 10.2 Å². The maximum atomic E-state index is 13.0. The summed E-state index contributed by atoms with van der Waals surface area (Å²) in [6.07, 6.45) is 9.15. The maximum absolute atomic E-state index is 13.0. The molecule has 1 aromatic carbocycles. The van der Waals surface area contributed by atoms with E-state index in [4.69, 9.17) is 0 Å². The van der Waals surface area contributed by atoms with Crippen LogP contribution >= 0.6 is 0 Å². The molecule has 1 aromatic heterocycles. The van der Waals surface area contributed by atoms with Gasteiger partial charge in [0.1, 0.15) is 5.69 Å². The Bertz CT molecular complexity index is 781. The number of aromatic nitrogens is 2. The Morgan fingerprint density at radius 1 is 0.966 bits per heavy atom. The van der Waals surface area contributed by atoms with Crippen LogP contribution in [0.25, 0.3) is 0 Å². The van der Waals surface area contributed by atoms with E-state index in [1.54, 1.807) is 12.3 Å². The molecule has 1 amide bonds. The predicted octanol–water partition coefficient (Wildman–Crippen LogP) is 3.57. The number of nitrogens with one attached hydrogen (secondary N) is 1. The summed E-state index contributed by atoms with van der Waals surface area (Å²) < 4.78 is 0. The van der Waals surface area contributed by atoms with E-state index in [9.17, 15) is 4.79 Å². The van der Waals surface area contributed by atoms with E-state index < -0.39 is 0 Å². The highest BCUT2D eigenvalue weighted by atomic mass is 16.2. The summed E-state index contributed by atoms with van der Waals surface area (Å²) in [4.78, 5) is 26.2. The van der Waals surface area contributed by atoms with Crippen molar-refractivity contribution >= 4 is 11.9 Å². The lowest BCUT2D eigenvalue weighted by Gasteiger charge is -2.34. The number of hydrogen-bond donors (Lipinski definition) is 1. The molecule has 2 aliphatic rings. The van der Waals surface area contributed by atoms with Gasteiger partial charge >= 0.3 is 0 Å². The Morgan fingerprint density at radius 2 is 1.69 bits per heavy atom. The van der Waals surface area contributed by atoms with Crippen LogP contribution in [-0.4, -0.2) is 57.9 Å². The molecule has 1 saturated heterocycles. The Hall–Kier alpha value is -2.47. The second kappa shape index (κ2) is 9.83. The summed E-state index contributed by atoms with van der Waals surface area (Å²) in [7, 11) is 0. The van der Waals surface area contributed by atoms with Crippen molar-refractivity contribution < 1.29 is 4.79 Å². The van der Waals surface area contributed by atoms with Crippen molar-refractivity contribution in [1.29, 1.82) is 0 Å². The van der Waals surface area contributed by atoms with Gasteiger partial charge in [-0.15, -0.1) is 0 Å². The van der Waals surface area contributed by atoms with Gasteiger partial charge in [-0.25, -0.2) is 9.97 Å². The number of benzene rings is 1. The topological polar surface area (TPSA) is 61.4 Å². The van der Waals surface area contributed by atoms with Crippen molar-refractivity contribution in [2.24, 2.45) is 0 Å². The molecule has 1 aliphatic heterocycles. The summed E-state index contributed by atoms with van der Waals surface area (Å²) in [5.74, 6) is 0.598. The quantitative estimate of drug-likeness (QED) is 0.787. The SMILES string of the molecule is O=C(c1ccnc(NC2CCCCCC2)n1)N1CCN(Cc2ccccc2)CC1. The number of amides is 1. The molecule has 2 aromatic rings. The number of hydrogen-bond acceptors (Lipinski definition) is 5. The van der Waals surface area contributed by atoms with Gasteiger partial charge in [-0.2, -0.15) is 0 Å². The van der Waals surface area contributed by atoms with E-state index in [1.807, 2.05) is 11.0 Å². The third-order valence-electron chi connectivity index (χ3n) is 5.97. The second-order valence-corrected chi connectivity index (χ2v) is 8.15. The maximum Gasteiger partial charge on any atom is 0.272 e. The zero-order valence-corrected chi connectivity index (χ0v) is 17.1. The molecular formula is C23H31N5O. The Kier molecular flexibility index (Phi) is 6.72. The van der Waals surface area contributed by atoms with Crippen LogP contribution in [0.2, 0.25) is 0 Å². The first-order chi connectivity index (χ1) is 14.3. The van der Waals surface area contributed by atoms with Crippen LogP contribution in [0, 0.1) is 0 Å². The van der Waals surface area contributed by atoms with Crippen molar-refractivity contribution in [2.45, 2.75) is 51.1 Å². The van der Waals surface area contributed by atoms with Gasteiger partial charge in [0.15, 0.2) is 0 Å². The zero-order valence-electron chi connectivity index (χ0n) is 17.1. The van der Waals surface area contributed by atoms with Crippen molar-refractivity contribution in [1.82, 2.24) is 19.8 Å². The minimum Gasteiger partial charge on any atom is -0.351 e.